The molecule has 3 heterocycles. The van der Waals surface area contributed by atoms with Crippen LogP contribution in [0.3, 0.4) is 0 Å². The number of aryl methyl sites for hydroxylation is 1. The lowest BCUT2D eigenvalue weighted by atomic mass is 10.3. The number of fused-ring (bicyclic) bond motifs is 3. The number of nitrogens with one attached hydrogen (secondary N) is 1. The number of nitrogens with zero attached hydrogens (tertiary/aromatic N) is 2. The molecule has 0 bridgehead atoms. The van der Waals surface area contributed by atoms with Gasteiger partial charge >= 0.3 is 0 Å². The fraction of sp³-hybridized carbons (Fsp3) is 0.238. The third-order valence-electron chi connectivity index (χ3n) is 5.92. The van der Waals surface area contributed by atoms with Crippen LogP contribution in [0.2, 0.25) is 10.0 Å². The van der Waals surface area contributed by atoms with Crippen LogP contribution in [0.1, 0.15) is 5.01 Å². The summed E-state index contributed by atoms with van der Waals surface area (Å²) in [7, 11) is -7.97. The SMILES string of the molecule is CS(=O)(=O)NC(=O)C1C[N+]12C(=Cc1sc3ccc(Cl)cc3[n+]1CCS(=O)(=O)O)Sc1ccc(Cl)cc12. The van der Waals surface area contributed by atoms with E-state index in [9.17, 15) is 26.2 Å². The molecule has 0 radical (unpaired) electrons. The second-order valence-electron chi connectivity index (χ2n) is 8.49. The highest BCUT2D eigenvalue weighted by Gasteiger charge is 2.68. The maximum atomic E-state index is 12.8. The van der Waals surface area contributed by atoms with Gasteiger partial charge in [-0.25, -0.2) is 17.6 Å². The van der Waals surface area contributed by atoms with Crippen molar-refractivity contribution in [3.05, 3.63) is 56.5 Å². The van der Waals surface area contributed by atoms with E-state index in [1.54, 1.807) is 28.8 Å². The minimum absolute atomic E-state index is 0.0142. The standard InChI is InChI=1S/C21H17Cl2N3O6S4/c1-35(28,29)24-21(27)16-11-26(16)15-9-13(23)3-5-18(15)34-20(26)10-19-25(6-7-36(30,31)32)14-8-12(22)2-4-17(14)33-19/h2-5,8-10,16H,6-7,11H2,1H3/p+2. The third kappa shape index (κ3) is 4.90. The van der Waals surface area contributed by atoms with Crippen molar-refractivity contribution in [2.75, 3.05) is 18.6 Å². The number of thiazole rings is 1. The lowest BCUT2D eigenvalue weighted by Crippen LogP contribution is -2.40. The molecule has 15 heteroatoms. The number of rotatable bonds is 6. The van der Waals surface area contributed by atoms with E-state index in [0.717, 1.165) is 26.6 Å². The number of hydrogen-bond acceptors (Lipinski definition) is 7. The predicted molar refractivity (Wildman–Crippen MR) is 142 cm³/mol. The Morgan fingerprint density at radius 2 is 1.89 bits per heavy atom. The Labute approximate surface area is 225 Å². The maximum absolute atomic E-state index is 12.8. The summed E-state index contributed by atoms with van der Waals surface area (Å²) in [5, 5.41) is 2.41. The Hall–Kier alpha value is -1.71. The van der Waals surface area contributed by atoms with E-state index in [2.05, 4.69) is 4.72 Å². The van der Waals surface area contributed by atoms with Crippen LogP contribution in [0.4, 0.5) is 5.69 Å². The molecule has 0 aliphatic carbocycles. The van der Waals surface area contributed by atoms with Crippen LogP contribution in [0.5, 0.6) is 0 Å². The van der Waals surface area contributed by atoms with Gasteiger partial charge < -0.3 is 0 Å². The summed E-state index contributed by atoms with van der Waals surface area (Å²) in [6.07, 6.45) is 2.80. The van der Waals surface area contributed by atoms with Crippen molar-refractivity contribution in [2.24, 2.45) is 0 Å². The van der Waals surface area contributed by atoms with Gasteiger partial charge in [0, 0.05) is 22.2 Å². The van der Waals surface area contributed by atoms with Crippen LogP contribution < -0.4 is 13.8 Å². The van der Waals surface area contributed by atoms with Crippen molar-refractivity contribution in [3.8, 4) is 0 Å². The van der Waals surface area contributed by atoms with Gasteiger partial charge in [0.15, 0.2) is 23.8 Å². The first-order valence-electron chi connectivity index (χ1n) is 10.4. The average molecular weight is 609 g/mol. The third-order valence-corrected chi connectivity index (χ3v) is 9.99. The number of amides is 1. The number of carbonyl (C=O) groups is 1. The van der Waals surface area contributed by atoms with Gasteiger partial charge in [-0.1, -0.05) is 34.5 Å². The summed E-state index contributed by atoms with van der Waals surface area (Å²) < 4.78 is 60.6. The average Bonchev–Trinajstić information content (AvgIpc) is 3.32. The number of halogens is 2. The summed E-state index contributed by atoms with van der Waals surface area (Å²) in [6, 6.07) is 9.98. The Bertz CT molecular complexity index is 1690. The molecule has 36 heavy (non-hydrogen) atoms. The van der Waals surface area contributed by atoms with Gasteiger partial charge in [0.05, 0.1) is 17.2 Å². The van der Waals surface area contributed by atoms with Crippen LogP contribution in [0.15, 0.2) is 46.3 Å². The predicted octanol–water partition coefficient (Wildman–Crippen LogP) is 3.25. The Morgan fingerprint density at radius 3 is 2.58 bits per heavy atom. The van der Waals surface area contributed by atoms with E-state index in [1.165, 1.54) is 23.1 Å². The van der Waals surface area contributed by atoms with E-state index in [1.807, 2.05) is 18.2 Å². The smallest absolute Gasteiger partial charge is 0.285 e. The number of carbonyl (C=O) groups excluding carboxylic acids is 1. The fourth-order valence-electron chi connectivity index (χ4n) is 4.34. The molecular weight excluding hydrogens is 589 g/mol. The van der Waals surface area contributed by atoms with E-state index >= 15 is 0 Å². The molecule has 190 valence electrons. The fourth-order valence-corrected chi connectivity index (χ4v) is 8.09. The maximum Gasteiger partial charge on any atom is 0.298 e. The highest BCUT2D eigenvalue weighted by molar-refractivity contribution is 8.03. The zero-order valence-corrected chi connectivity index (χ0v) is 23.3. The summed E-state index contributed by atoms with van der Waals surface area (Å²) in [5.41, 5.74) is 1.50. The van der Waals surface area contributed by atoms with E-state index in [0.29, 0.717) is 27.1 Å². The molecule has 1 spiro atoms. The van der Waals surface area contributed by atoms with Crippen molar-refractivity contribution in [1.82, 2.24) is 9.21 Å². The molecule has 0 saturated carbocycles. The van der Waals surface area contributed by atoms with Crippen molar-refractivity contribution < 1.29 is 30.7 Å². The minimum atomic E-state index is -4.22. The van der Waals surface area contributed by atoms with Crippen LogP contribution in [0.25, 0.3) is 16.3 Å². The van der Waals surface area contributed by atoms with Crippen molar-refractivity contribution in [3.63, 3.8) is 0 Å². The van der Waals surface area contributed by atoms with E-state index < -0.39 is 37.8 Å². The Morgan fingerprint density at radius 1 is 1.19 bits per heavy atom. The highest BCUT2D eigenvalue weighted by Crippen LogP contribution is 2.60. The van der Waals surface area contributed by atoms with Crippen molar-refractivity contribution in [2.45, 2.75) is 17.5 Å². The van der Waals surface area contributed by atoms with Crippen LogP contribution in [-0.2, 0) is 31.5 Å². The zero-order valence-electron chi connectivity index (χ0n) is 18.5. The highest BCUT2D eigenvalue weighted by atomic mass is 35.5. The second-order valence-corrected chi connectivity index (χ2v) is 14.8. The molecule has 1 amide bonds. The van der Waals surface area contributed by atoms with Gasteiger partial charge in [-0.15, -0.1) is 0 Å². The molecule has 2 atom stereocenters. The lowest BCUT2D eigenvalue weighted by Gasteiger charge is -2.14. The van der Waals surface area contributed by atoms with Crippen LogP contribution >= 0.6 is 46.3 Å². The van der Waals surface area contributed by atoms with Gasteiger partial charge in [-0.2, -0.15) is 13.0 Å². The van der Waals surface area contributed by atoms with Crippen LogP contribution in [-0.4, -0.2) is 51.9 Å². The lowest BCUT2D eigenvalue weighted by molar-refractivity contribution is -0.664. The van der Waals surface area contributed by atoms with Gasteiger partial charge in [0.2, 0.25) is 21.6 Å². The number of sulfonamides is 1. The molecule has 1 fully saturated rings. The first-order valence-corrected chi connectivity index (χ1v) is 16.3. The second kappa shape index (κ2) is 8.95. The normalized spacial score (nSPS) is 22.3. The Kier molecular flexibility index (Phi) is 6.44. The van der Waals surface area contributed by atoms with Crippen LogP contribution in [0, 0.1) is 0 Å². The largest absolute Gasteiger partial charge is 0.298 e. The number of aromatic nitrogens is 1. The monoisotopic (exact) mass is 607 g/mol. The van der Waals surface area contributed by atoms with Gasteiger partial charge in [-0.3, -0.25) is 9.35 Å². The summed E-state index contributed by atoms with van der Waals surface area (Å²) in [4.78, 5) is 13.7. The number of hydrogen-bond donors (Lipinski definition) is 2. The molecule has 2 N–H and O–H groups in total. The molecule has 3 aromatic rings. The number of quaternary nitrogens is 1. The van der Waals surface area contributed by atoms with Gasteiger partial charge in [-0.05, 0) is 36.0 Å². The van der Waals surface area contributed by atoms with E-state index in [4.69, 9.17) is 23.2 Å². The molecule has 1 aromatic heterocycles. The molecule has 2 aliphatic rings. The Balaban J connectivity index is 1.64. The minimum Gasteiger partial charge on any atom is -0.285 e. The zero-order chi connectivity index (χ0) is 26.0. The van der Waals surface area contributed by atoms with Gasteiger partial charge in [0.25, 0.3) is 21.0 Å². The molecule has 2 aromatic carbocycles. The van der Waals surface area contributed by atoms with Crippen molar-refractivity contribution in [1.29, 1.82) is 0 Å². The molecular formula is C21H19Cl2N3O6S4+2. The molecule has 5 rings (SSSR count). The number of thioether (sulfide) groups is 1. The first-order chi connectivity index (χ1) is 16.8. The molecule has 2 aliphatic heterocycles. The molecule has 9 nitrogen and oxygen atoms in total. The first kappa shape index (κ1) is 25.9. The van der Waals surface area contributed by atoms with Crippen molar-refractivity contribution >= 4 is 94.3 Å². The summed E-state index contributed by atoms with van der Waals surface area (Å²) in [6.45, 7) is 0.328. The topological polar surface area (TPSA) is 121 Å². The number of benzene rings is 2. The quantitative estimate of drug-likeness (QED) is 0.191. The molecule has 1 saturated heterocycles. The summed E-state index contributed by atoms with van der Waals surface area (Å²) >= 11 is 15.3. The summed E-state index contributed by atoms with van der Waals surface area (Å²) in [5.74, 6) is -1.10. The van der Waals surface area contributed by atoms with E-state index in [-0.39, 0.29) is 11.0 Å². The van der Waals surface area contributed by atoms with Gasteiger partial charge in [0.1, 0.15) is 10.5 Å². The molecule has 2 unspecified atom stereocenters.